The molecule has 0 heterocycles. The van der Waals surface area contributed by atoms with Gasteiger partial charge in [0.05, 0.1) is 24.6 Å². The molecule has 0 radical (unpaired) electrons. The van der Waals surface area contributed by atoms with Gasteiger partial charge in [-0.05, 0) is 85.3 Å². The van der Waals surface area contributed by atoms with Crippen molar-refractivity contribution in [2.45, 2.75) is 25.7 Å². The Morgan fingerprint density at radius 3 is 1.23 bits per heavy atom. The van der Waals surface area contributed by atoms with Gasteiger partial charge in [-0.2, -0.15) is 0 Å². The number of ether oxygens (including phenoxy) is 2. The number of amides is 2. The SMILES string of the molecule is O=C(Nc1ccccc1OCCCc1ccccc1)c1ccc(C(=O)Nc2ccccc2OCCCc2ccccc2)cc1. The molecule has 0 spiro atoms. The zero-order valence-corrected chi connectivity index (χ0v) is 24.6. The number of anilines is 2. The molecule has 5 aromatic rings. The molecule has 0 atom stereocenters. The van der Waals surface area contributed by atoms with E-state index in [1.54, 1.807) is 24.3 Å². The Hall–Kier alpha value is -5.36. The third kappa shape index (κ3) is 8.82. The summed E-state index contributed by atoms with van der Waals surface area (Å²) in [4.78, 5) is 26.1. The van der Waals surface area contributed by atoms with Crippen LogP contribution in [0.5, 0.6) is 11.5 Å². The molecule has 44 heavy (non-hydrogen) atoms. The van der Waals surface area contributed by atoms with Crippen molar-refractivity contribution in [3.05, 3.63) is 156 Å². The zero-order valence-electron chi connectivity index (χ0n) is 24.6. The lowest BCUT2D eigenvalue weighted by molar-refractivity contribution is 0.101. The highest BCUT2D eigenvalue weighted by molar-refractivity contribution is 6.07. The normalized spacial score (nSPS) is 10.5. The van der Waals surface area contributed by atoms with Gasteiger partial charge in [0.2, 0.25) is 0 Å². The van der Waals surface area contributed by atoms with Gasteiger partial charge in [-0.15, -0.1) is 0 Å². The summed E-state index contributed by atoms with van der Waals surface area (Å²) in [6.07, 6.45) is 3.56. The second-order valence-corrected chi connectivity index (χ2v) is 10.4. The van der Waals surface area contributed by atoms with Crippen LogP contribution < -0.4 is 20.1 Å². The average molecular weight is 585 g/mol. The fraction of sp³-hybridized carbons (Fsp3) is 0.158. The minimum atomic E-state index is -0.286. The summed E-state index contributed by atoms with van der Waals surface area (Å²) in [5, 5.41) is 5.87. The van der Waals surface area contributed by atoms with E-state index in [9.17, 15) is 9.59 Å². The number of hydrogen-bond donors (Lipinski definition) is 2. The van der Waals surface area contributed by atoms with E-state index >= 15 is 0 Å². The van der Waals surface area contributed by atoms with Gasteiger partial charge in [0.1, 0.15) is 11.5 Å². The van der Waals surface area contributed by atoms with Crippen LogP contribution in [0.25, 0.3) is 0 Å². The van der Waals surface area contributed by atoms with Crippen molar-refractivity contribution in [1.82, 2.24) is 0 Å². The maximum atomic E-state index is 13.0. The summed E-state index contributed by atoms with van der Waals surface area (Å²) < 4.78 is 12.0. The summed E-state index contributed by atoms with van der Waals surface area (Å²) in [5.41, 5.74) is 4.59. The molecular weight excluding hydrogens is 548 g/mol. The van der Waals surface area contributed by atoms with Gasteiger partial charge in [-0.3, -0.25) is 9.59 Å². The third-order valence-electron chi connectivity index (χ3n) is 7.10. The Morgan fingerprint density at radius 1 is 0.455 bits per heavy atom. The molecule has 0 saturated heterocycles. The number of para-hydroxylation sites is 4. The quantitative estimate of drug-likeness (QED) is 0.129. The number of rotatable bonds is 14. The minimum absolute atomic E-state index is 0.286. The third-order valence-corrected chi connectivity index (χ3v) is 7.10. The van der Waals surface area contributed by atoms with Crippen LogP contribution in [0.1, 0.15) is 44.7 Å². The van der Waals surface area contributed by atoms with E-state index in [1.165, 1.54) is 11.1 Å². The molecule has 6 heteroatoms. The number of carbonyl (C=O) groups excluding carboxylic acids is 2. The largest absolute Gasteiger partial charge is 0.491 e. The van der Waals surface area contributed by atoms with Crippen LogP contribution >= 0.6 is 0 Å². The van der Waals surface area contributed by atoms with E-state index < -0.39 is 0 Å². The minimum Gasteiger partial charge on any atom is -0.491 e. The Bertz CT molecular complexity index is 1510. The molecule has 0 bridgehead atoms. The average Bonchev–Trinajstić information content (AvgIpc) is 3.07. The van der Waals surface area contributed by atoms with Crippen molar-refractivity contribution < 1.29 is 19.1 Å². The lowest BCUT2D eigenvalue weighted by atomic mass is 10.1. The van der Waals surface area contributed by atoms with Gasteiger partial charge in [0, 0.05) is 11.1 Å². The molecule has 0 aliphatic heterocycles. The van der Waals surface area contributed by atoms with E-state index in [2.05, 4.69) is 34.9 Å². The van der Waals surface area contributed by atoms with Gasteiger partial charge < -0.3 is 20.1 Å². The summed E-state index contributed by atoms with van der Waals surface area (Å²) in [5.74, 6) is 0.662. The number of benzene rings is 5. The van der Waals surface area contributed by atoms with Crippen LogP contribution in [-0.2, 0) is 12.8 Å². The first-order chi connectivity index (χ1) is 21.7. The Kier molecular flexibility index (Phi) is 10.8. The molecule has 0 saturated carbocycles. The maximum Gasteiger partial charge on any atom is 0.255 e. The molecule has 2 N–H and O–H groups in total. The van der Waals surface area contributed by atoms with E-state index in [4.69, 9.17) is 9.47 Å². The van der Waals surface area contributed by atoms with Crippen molar-refractivity contribution in [3.63, 3.8) is 0 Å². The molecule has 0 aromatic heterocycles. The second kappa shape index (κ2) is 15.8. The molecule has 6 nitrogen and oxygen atoms in total. The Balaban J connectivity index is 1.12. The topological polar surface area (TPSA) is 76.7 Å². The van der Waals surface area contributed by atoms with E-state index in [1.807, 2.05) is 84.9 Å². The van der Waals surface area contributed by atoms with Crippen molar-refractivity contribution in [2.24, 2.45) is 0 Å². The van der Waals surface area contributed by atoms with Crippen LogP contribution in [0.2, 0.25) is 0 Å². The van der Waals surface area contributed by atoms with Crippen molar-refractivity contribution in [1.29, 1.82) is 0 Å². The number of carbonyl (C=O) groups is 2. The molecular formula is C38H36N2O4. The summed E-state index contributed by atoms with van der Waals surface area (Å²) >= 11 is 0. The fourth-order valence-corrected chi connectivity index (χ4v) is 4.76. The van der Waals surface area contributed by atoms with Gasteiger partial charge in [-0.1, -0.05) is 84.9 Å². The lowest BCUT2D eigenvalue weighted by Crippen LogP contribution is -2.15. The van der Waals surface area contributed by atoms with Crippen LogP contribution in [0.3, 0.4) is 0 Å². The highest BCUT2D eigenvalue weighted by atomic mass is 16.5. The number of nitrogens with one attached hydrogen (secondary N) is 2. The highest BCUT2D eigenvalue weighted by Crippen LogP contribution is 2.26. The first kappa shape index (κ1) is 30.1. The van der Waals surface area contributed by atoms with E-state index in [-0.39, 0.29) is 11.8 Å². The lowest BCUT2D eigenvalue weighted by Gasteiger charge is -2.13. The first-order valence-corrected chi connectivity index (χ1v) is 14.9. The van der Waals surface area contributed by atoms with E-state index in [0.717, 1.165) is 25.7 Å². The van der Waals surface area contributed by atoms with Gasteiger partial charge in [-0.25, -0.2) is 0 Å². The van der Waals surface area contributed by atoms with Crippen molar-refractivity contribution in [3.8, 4) is 11.5 Å². The molecule has 2 amide bonds. The van der Waals surface area contributed by atoms with Crippen molar-refractivity contribution >= 4 is 23.2 Å². The van der Waals surface area contributed by atoms with Crippen LogP contribution in [-0.4, -0.2) is 25.0 Å². The predicted octanol–water partition coefficient (Wildman–Crippen LogP) is 8.21. The fourth-order valence-electron chi connectivity index (χ4n) is 4.76. The molecule has 5 rings (SSSR count). The van der Waals surface area contributed by atoms with E-state index in [0.29, 0.717) is 47.2 Å². The maximum absolute atomic E-state index is 13.0. The molecule has 0 unspecified atom stereocenters. The van der Waals surface area contributed by atoms with Gasteiger partial charge in [0.25, 0.3) is 11.8 Å². The number of aryl methyl sites for hydroxylation is 2. The van der Waals surface area contributed by atoms with Crippen LogP contribution in [0.4, 0.5) is 11.4 Å². The van der Waals surface area contributed by atoms with Crippen molar-refractivity contribution in [2.75, 3.05) is 23.8 Å². The zero-order chi connectivity index (χ0) is 30.4. The smallest absolute Gasteiger partial charge is 0.255 e. The molecule has 0 fully saturated rings. The van der Waals surface area contributed by atoms with Gasteiger partial charge in [0.15, 0.2) is 0 Å². The summed E-state index contributed by atoms with van der Waals surface area (Å²) in [6.45, 7) is 1.07. The molecule has 222 valence electrons. The Labute approximate surface area is 258 Å². The molecule has 5 aromatic carbocycles. The monoisotopic (exact) mass is 584 g/mol. The first-order valence-electron chi connectivity index (χ1n) is 14.9. The van der Waals surface area contributed by atoms with Gasteiger partial charge >= 0.3 is 0 Å². The Morgan fingerprint density at radius 2 is 0.818 bits per heavy atom. The highest BCUT2D eigenvalue weighted by Gasteiger charge is 2.13. The molecule has 0 aliphatic rings. The summed E-state index contributed by atoms with van der Waals surface area (Å²) in [6, 6.07) is 41.9. The number of hydrogen-bond acceptors (Lipinski definition) is 4. The molecule has 0 aliphatic carbocycles. The summed E-state index contributed by atoms with van der Waals surface area (Å²) in [7, 11) is 0. The standard InChI is InChI=1S/C38H36N2O4/c41-37(39-33-19-7-9-21-35(33)43-27-11-17-29-13-3-1-4-14-29)31-23-25-32(26-24-31)38(42)40-34-20-8-10-22-36(34)44-28-12-18-30-15-5-2-6-16-30/h1-10,13-16,19-26H,11-12,17-18,27-28H2,(H,39,41)(H,40,42). The predicted molar refractivity (Wildman–Crippen MR) is 176 cm³/mol. The van der Waals surface area contributed by atoms with Crippen LogP contribution in [0, 0.1) is 0 Å². The second-order valence-electron chi connectivity index (χ2n) is 10.4. The van der Waals surface area contributed by atoms with Crippen LogP contribution in [0.15, 0.2) is 133 Å².